The van der Waals surface area contributed by atoms with Crippen molar-refractivity contribution in [3.05, 3.63) is 39.5 Å². The summed E-state index contributed by atoms with van der Waals surface area (Å²) in [5, 5.41) is 6.00. The zero-order valence-corrected chi connectivity index (χ0v) is 28.6. The van der Waals surface area contributed by atoms with Gasteiger partial charge in [-0.05, 0) is 53.8 Å². The number of hydrogen-bond acceptors (Lipinski definition) is 11. The van der Waals surface area contributed by atoms with E-state index in [4.69, 9.17) is 21.7 Å². The summed E-state index contributed by atoms with van der Waals surface area (Å²) in [5.74, 6) is -2.39. The highest BCUT2D eigenvalue weighted by Crippen LogP contribution is 2.46. The van der Waals surface area contributed by atoms with Crippen molar-refractivity contribution < 1.29 is 33.3 Å². The number of hydrogen-bond donors (Lipinski definition) is 0. The van der Waals surface area contributed by atoms with Crippen LogP contribution in [0, 0.1) is 12.8 Å². The van der Waals surface area contributed by atoms with Crippen molar-refractivity contribution in [1.29, 1.82) is 0 Å². The third-order valence-electron chi connectivity index (χ3n) is 5.72. The van der Waals surface area contributed by atoms with Gasteiger partial charge in [-0.25, -0.2) is 14.6 Å². The van der Waals surface area contributed by atoms with E-state index in [1.165, 1.54) is 41.8 Å². The molecule has 220 valence electrons. The number of ketones is 1. The Morgan fingerprint density at radius 2 is 1.98 bits per heavy atom. The molecule has 2 radical (unpaired) electrons. The number of aryl methyl sites for hydroxylation is 1. The Morgan fingerprint density at radius 3 is 2.54 bits per heavy atom. The average molecular weight is 731 g/mol. The molecule has 1 amide bonds. The molecule has 0 aliphatic carbocycles. The fourth-order valence-electron chi connectivity index (χ4n) is 3.86. The second kappa shape index (κ2) is 13.7. The highest BCUT2D eigenvalue weighted by molar-refractivity contribution is 14.1. The lowest BCUT2D eigenvalue weighted by Gasteiger charge is -2.49. The van der Waals surface area contributed by atoms with Gasteiger partial charge in [0.1, 0.15) is 17.0 Å². The van der Waals surface area contributed by atoms with Gasteiger partial charge in [0.2, 0.25) is 11.5 Å². The van der Waals surface area contributed by atoms with E-state index in [-0.39, 0.29) is 29.4 Å². The van der Waals surface area contributed by atoms with E-state index >= 15 is 0 Å². The van der Waals surface area contributed by atoms with Crippen LogP contribution < -0.4 is 0 Å². The maximum Gasteiger partial charge on any atom is 0.357 e. The number of oxime groups is 1. The molecule has 0 spiro atoms. The second-order valence-corrected chi connectivity index (χ2v) is 15.1. The molecule has 3 heterocycles. The van der Waals surface area contributed by atoms with Gasteiger partial charge in [-0.1, -0.05) is 39.9 Å². The molecular weight excluding hydrogens is 699 g/mol. The quantitative estimate of drug-likeness (QED) is 0.0467. The lowest BCUT2D eigenvalue weighted by atomic mass is 9.89. The summed E-state index contributed by atoms with van der Waals surface area (Å²) in [7, 11) is 4.26. The Kier molecular flexibility index (Phi) is 11.3. The normalized spacial score (nSPS) is 20.4. The van der Waals surface area contributed by atoms with Crippen molar-refractivity contribution in [2.45, 2.75) is 64.5 Å². The number of amides is 1. The summed E-state index contributed by atoms with van der Waals surface area (Å²) < 4.78 is 11.4. The number of nitrogens with zero attached hydrogens (tertiary/aromatic N) is 3. The van der Waals surface area contributed by atoms with Gasteiger partial charge in [0.15, 0.2) is 19.1 Å². The molecule has 10 nitrogen and oxygen atoms in total. The molecule has 41 heavy (non-hydrogen) atoms. The van der Waals surface area contributed by atoms with Crippen LogP contribution >= 0.6 is 53.7 Å². The van der Waals surface area contributed by atoms with Gasteiger partial charge in [0.25, 0.3) is 0 Å². The minimum atomic E-state index is -1.49. The van der Waals surface area contributed by atoms with Crippen molar-refractivity contribution >= 4 is 90.6 Å². The van der Waals surface area contributed by atoms with Crippen LogP contribution in [0.5, 0.6) is 0 Å². The SMILES string of the molecule is [B]P(C)OC(=O)C1=C(/C=C/CI)CSC2[C@H](CC(=O)/C(=N\OC(C)(C)C(=O)OC(C)(C)C)c3csc(C)n3)C(=O)N12. The lowest BCUT2D eigenvalue weighted by Crippen LogP contribution is -2.62. The zero-order valence-electron chi connectivity index (χ0n) is 23.9. The topological polar surface area (TPSA) is 124 Å². The van der Waals surface area contributed by atoms with Crippen LogP contribution in [0.2, 0.25) is 0 Å². The Balaban J connectivity index is 1.85. The fourth-order valence-corrected chi connectivity index (χ4v) is 6.45. The summed E-state index contributed by atoms with van der Waals surface area (Å²) in [5.41, 5.74) is -1.22. The number of Topliss-reactive ketones (excluding diaryl/α,β-unsaturated/α-hetero) is 1. The molecule has 1 fully saturated rings. The highest BCUT2D eigenvalue weighted by Gasteiger charge is 2.54. The molecule has 1 aromatic heterocycles. The van der Waals surface area contributed by atoms with Gasteiger partial charge < -0.3 is 14.1 Å². The maximum atomic E-state index is 13.6. The van der Waals surface area contributed by atoms with E-state index in [1.807, 2.05) is 12.2 Å². The predicted molar refractivity (Wildman–Crippen MR) is 170 cm³/mol. The van der Waals surface area contributed by atoms with Crippen LogP contribution in [0.1, 0.15) is 51.7 Å². The van der Waals surface area contributed by atoms with Crippen LogP contribution in [0.4, 0.5) is 0 Å². The standard InChI is InChI=1S/C26H32BIN3O7PS2/c1-14-29-17(13-40-14)19(30-38-26(5,6)24(35)36-25(2,3)4)18(32)11-16-21(33)31-20(23(34)37-39(7)27)15(9-8-10-28)12-41-22(16)31/h8-9,13,16,22H,10-12H2,1-7H3/b9-8+,30-19-/t16-,22?,39?/m1/s1. The molecule has 3 rings (SSSR count). The molecular formula is C26H32BIN3O7PS2. The van der Waals surface area contributed by atoms with E-state index in [0.717, 1.165) is 4.43 Å². The van der Waals surface area contributed by atoms with Gasteiger partial charge in [0.05, 0.1) is 16.3 Å². The summed E-state index contributed by atoms with van der Waals surface area (Å²) >= 11 is 4.98. The number of carbonyl (C=O) groups excluding carboxylic acids is 4. The van der Waals surface area contributed by atoms with Crippen LogP contribution in [0.15, 0.2) is 34.0 Å². The number of ether oxygens (including phenoxy) is 1. The minimum Gasteiger partial charge on any atom is -0.457 e. The van der Waals surface area contributed by atoms with E-state index in [9.17, 15) is 19.2 Å². The Hall–Kier alpha value is -1.77. The Bertz CT molecular complexity index is 1310. The van der Waals surface area contributed by atoms with Gasteiger partial charge >= 0.3 is 11.9 Å². The number of allylic oxidation sites excluding steroid dienone is 2. The molecule has 2 aliphatic heterocycles. The lowest BCUT2D eigenvalue weighted by molar-refractivity contribution is -0.179. The first kappa shape index (κ1) is 33.7. The number of rotatable bonds is 11. The van der Waals surface area contributed by atoms with Crippen molar-refractivity contribution in [3.63, 3.8) is 0 Å². The molecule has 0 saturated carbocycles. The van der Waals surface area contributed by atoms with E-state index in [2.05, 4.69) is 32.7 Å². The number of thioether (sulfide) groups is 1. The summed E-state index contributed by atoms with van der Waals surface area (Å²) in [6.45, 7) is 11.6. The Morgan fingerprint density at radius 1 is 1.29 bits per heavy atom. The minimum absolute atomic E-state index is 0.0985. The molecule has 0 bridgehead atoms. The van der Waals surface area contributed by atoms with E-state index in [1.54, 1.807) is 39.7 Å². The van der Waals surface area contributed by atoms with Gasteiger partial charge in [-0.2, -0.15) is 0 Å². The number of aromatic nitrogens is 1. The first-order valence-corrected chi connectivity index (χ1v) is 17.8. The third kappa shape index (κ3) is 8.42. The monoisotopic (exact) mass is 731 g/mol. The van der Waals surface area contributed by atoms with Crippen molar-refractivity contribution in [2.24, 2.45) is 11.1 Å². The van der Waals surface area contributed by atoms with Crippen LogP contribution in [-0.4, -0.2) is 80.2 Å². The number of alkyl halides is 1. The van der Waals surface area contributed by atoms with Crippen LogP contribution in [-0.2, 0) is 33.3 Å². The Labute approximate surface area is 264 Å². The van der Waals surface area contributed by atoms with Gasteiger partial charge in [-0.3, -0.25) is 14.5 Å². The molecule has 0 N–H and O–H groups in total. The summed E-state index contributed by atoms with van der Waals surface area (Å²) in [6.07, 6.45) is 3.52. The van der Waals surface area contributed by atoms with Crippen molar-refractivity contribution in [1.82, 2.24) is 9.88 Å². The van der Waals surface area contributed by atoms with Crippen molar-refractivity contribution in [3.8, 4) is 0 Å². The first-order valence-electron chi connectivity index (χ1n) is 12.6. The number of β-lactam (4-membered cyclic amide) rings is 1. The number of fused-ring (bicyclic) bond motifs is 1. The summed E-state index contributed by atoms with van der Waals surface area (Å²) in [4.78, 5) is 63.9. The molecule has 3 atom stereocenters. The molecule has 2 aliphatic rings. The van der Waals surface area contributed by atoms with Crippen LogP contribution in [0.25, 0.3) is 0 Å². The first-order chi connectivity index (χ1) is 19.1. The third-order valence-corrected chi connectivity index (χ3v) is 8.82. The predicted octanol–water partition coefficient (Wildman–Crippen LogP) is 4.68. The molecule has 15 heteroatoms. The molecule has 0 aromatic carbocycles. The fraction of sp³-hybridized carbons (Fsp3) is 0.538. The molecule has 2 unspecified atom stereocenters. The number of carbonyl (C=O) groups is 4. The van der Waals surface area contributed by atoms with Crippen molar-refractivity contribution in [2.75, 3.05) is 16.8 Å². The van der Waals surface area contributed by atoms with Gasteiger partial charge in [-0.15, -0.1) is 23.1 Å². The van der Waals surface area contributed by atoms with Gasteiger partial charge in [0, 0.05) is 30.0 Å². The largest absolute Gasteiger partial charge is 0.457 e. The smallest absolute Gasteiger partial charge is 0.357 e. The number of esters is 1. The number of halogens is 1. The highest BCUT2D eigenvalue weighted by atomic mass is 127. The summed E-state index contributed by atoms with van der Waals surface area (Å²) in [6, 6.07) is 0. The maximum absolute atomic E-state index is 13.6. The average Bonchev–Trinajstić information content (AvgIpc) is 3.29. The van der Waals surface area contributed by atoms with E-state index < -0.39 is 48.2 Å². The van der Waals surface area contributed by atoms with E-state index in [0.29, 0.717) is 16.3 Å². The van der Waals surface area contributed by atoms with Crippen LogP contribution in [0.3, 0.4) is 0 Å². The molecule has 1 saturated heterocycles. The number of thiazole rings is 1. The zero-order chi connectivity index (χ0) is 30.7. The molecule has 1 aromatic rings. The second-order valence-electron chi connectivity index (χ2n) is 10.8.